The minimum absolute atomic E-state index is 0.226. The van der Waals surface area contributed by atoms with Gasteiger partial charge in [-0.05, 0) is 37.6 Å². The predicted molar refractivity (Wildman–Crippen MR) is 93.8 cm³/mol. The molecular formula is C18H20N4O3. The van der Waals surface area contributed by atoms with Crippen molar-refractivity contribution in [2.45, 2.75) is 31.7 Å². The van der Waals surface area contributed by atoms with E-state index in [4.69, 9.17) is 5.73 Å². The molecule has 1 aromatic carbocycles. The quantitative estimate of drug-likeness (QED) is 0.480. The second kappa shape index (κ2) is 6.95. The van der Waals surface area contributed by atoms with E-state index in [1.165, 1.54) is 9.13 Å². The van der Waals surface area contributed by atoms with Gasteiger partial charge in [0.2, 0.25) is 11.8 Å². The summed E-state index contributed by atoms with van der Waals surface area (Å²) in [7, 11) is 1.67. The van der Waals surface area contributed by atoms with Gasteiger partial charge in [-0.2, -0.15) is 0 Å². The largest absolute Gasteiger partial charge is 0.330 e. The number of aryl methyl sites for hydroxylation is 1. The summed E-state index contributed by atoms with van der Waals surface area (Å²) in [6.45, 7) is 0.608. The van der Waals surface area contributed by atoms with Crippen molar-refractivity contribution in [3.05, 3.63) is 34.2 Å². The highest BCUT2D eigenvalue weighted by Crippen LogP contribution is 2.23. The summed E-state index contributed by atoms with van der Waals surface area (Å²) >= 11 is 0. The molecule has 7 heteroatoms. The van der Waals surface area contributed by atoms with E-state index in [-0.39, 0.29) is 18.0 Å². The lowest BCUT2D eigenvalue weighted by atomic mass is 10.1. The Kier molecular flexibility index (Phi) is 4.72. The molecule has 1 aliphatic heterocycles. The van der Waals surface area contributed by atoms with Gasteiger partial charge in [-0.1, -0.05) is 11.8 Å². The maximum absolute atomic E-state index is 12.6. The Morgan fingerprint density at radius 1 is 1.28 bits per heavy atom. The predicted octanol–water partition coefficient (Wildman–Crippen LogP) is 0.408. The molecule has 0 spiro atoms. The smallest absolute Gasteiger partial charge is 0.329 e. The lowest BCUT2D eigenvalue weighted by molar-refractivity contribution is -0.135. The molecule has 130 valence electrons. The molecule has 2 amide bonds. The Labute approximate surface area is 144 Å². The molecule has 0 saturated carbocycles. The van der Waals surface area contributed by atoms with Gasteiger partial charge in [0, 0.05) is 25.5 Å². The second-order valence-electron chi connectivity index (χ2n) is 6.08. The first-order valence-electron chi connectivity index (χ1n) is 8.26. The van der Waals surface area contributed by atoms with Crippen molar-refractivity contribution < 1.29 is 9.59 Å². The average molecular weight is 340 g/mol. The fourth-order valence-corrected chi connectivity index (χ4v) is 3.03. The lowest BCUT2D eigenvalue weighted by Gasteiger charge is -2.21. The van der Waals surface area contributed by atoms with Gasteiger partial charge in [0.15, 0.2) is 0 Å². The number of imidazole rings is 1. The highest BCUT2D eigenvalue weighted by atomic mass is 16.2. The number of carbonyl (C=O) groups is 2. The monoisotopic (exact) mass is 340 g/mol. The average Bonchev–Trinajstić information content (AvgIpc) is 2.83. The highest BCUT2D eigenvalue weighted by Gasteiger charge is 2.31. The van der Waals surface area contributed by atoms with Gasteiger partial charge in [0.05, 0.1) is 11.0 Å². The van der Waals surface area contributed by atoms with Gasteiger partial charge in [0.1, 0.15) is 6.04 Å². The lowest BCUT2D eigenvalue weighted by Crippen LogP contribution is -2.44. The van der Waals surface area contributed by atoms with Crippen LogP contribution in [0.15, 0.2) is 23.0 Å². The zero-order valence-corrected chi connectivity index (χ0v) is 14.0. The molecule has 3 N–H and O–H groups in total. The number of imide groups is 1. The summed E-state index contributed by atoms with van der Waals surface area (Å²) in [5.74, 6) is 5.39. The van der Waals surface area contributed by atoms with Crippen LogP contribution in [0.3, 0.4) is 0 Å². The van der Waals surface area contributed by atoms with Gasteiger partial charge < -0.3 is 5.73 Å². The number of rotatable bonds is 3. The fourth-order valence-electron chi connectivity index (χ4n) is 3.03. The fraction of sp³-hybridized carbons (Fsp3) is 0.389. The first-order valence-corrected chi connectivity index (χ1v) is 8.26. The number of hydrogen-bond donors (Lipinski definition) is 2. The summed E-state index contributed by atoms with van der Waals surface area (Å²) in [5.41, 5.74) is 7.35. The normalized spacial score (nSPS) is 17.3. The molecule has 2 aromatic rings. The molecule has 3 rings (SSSR count). The van der Waals surface area contributed by atoms with Crippen LogP contribution in [-0.2, 0) is 16.6 Å². The number of nitrogens with two attached hydrogens (primary N) is 1. The number of hydrogen-bond acceptors (Lipinski definition) is 4. The molecule has 25 heavy (non-hydrogen) atoms. The van der Waals surface area contributed by atoms with E-state index in [1.807, 2.05) is 12.1 Å². The third-order valence-electron chi connectivity index (χ3n) is 4.35. The van der Waals surface area contributed by atoms with Crippen LogP contribution in [0.25, 0.3) is 11.0 Å². The first-order chi connectivity index (χ1) is 12.0. The van der Waals surface area contributed by atoms with E-state index in [2.05, 4.69) is 17.2 Å². The Bertz CT molecular complexity index is 958. The van der Waals surface area contributed by atoms with E-state index in [0.717, 1.165) is 18.4 Å². The number of fused-ring (bicyclic) bond motifs is 1. The number of carbonyl (C=O) groups excluding carboxylic acids is 2. The minimum atomic E-state index is -0.671. The minimum Gasteiger partial charge on any atom is -0.330 e. The van der Waals surface area contributed by atoms with Crippen molar-refractivity contribution in [1.29, 1.82) is 0 Å². The van der Waals surface area contributed by atoms with Crippen molar-refractivity contribution in [1.82, 2.24) is 14.5 Å². The van der Waals surface area contributed by atoms with E-state index in [9.17, 15) is 14.4 Å². The van der Waals surface area contributed by atoms with Crippen LogP contribution in [0.1, 0.15) is 37.3 Å². The Morgan fingerprint density at radius 3 is 2.80 bits per heavy atom. The summed E-state index contributed by atoms with van der Waals surface area (Å²) in [6, 6.07) is 4.80. The maximum atomic E-state index is 12.6. The number of amides is 2. The summed E-state index contributed by atoms with van der Waals surface area (Å²) in [4.78, 5) is 36.1. The topological polar surface area (TPSA) is 99.1 Å². The molecule has 1 fully saturated rings. The molecule has 2 heterocycles. The number of piperidine rings is 1. The summed E-state index contributed by atoms with van der Waals surface area (Å²) in [5, 5.41) is 2.30. The summed E-state index contributed by atoms with van der Waals surface area (Å²) < 4.78 is 2.97. The van der Waals surface area contributed by atoms with Gasteiger partial charge in [-0.3, -0.25) is 24.0 Å². The molecule has 1 atom stereocenters. The van der Waals surface area contributed by atoms with Crippen LogP contribution in [0.4, 0.5) is 0 Å². The second-order valence-corrected chi connectivity index (χ2v) is 6.08. The van der Waals surface area contributed by atoms with E-state index in [1.54, 1.807) is 13.1 Å². The van der Waals surface area contributed by atoms with Crippen LogP contribution in [-0.4, -0.2) is 27.5 Å². The van der Waals surface area contributed by atoms with Crippen LogP contribution in [0, 0.1) is 11.8 Å². The molecule has 1 saturated heterocycles. The summed E-state index contributed by atoms with van der Waals surface area (Å²) in [6.07, 6.45) is 2.12. The Balaban J connectivity index is 2.02. The van der Waals surface area contributed by atoms with Crippen LogP contribution in [0.2, 0.25) is 0 Å². The number of unbranched alkanes of at least 4 members (excludes halogenated alkanes) is 1. The zero-order chi connectivity index (χ0) is 18.0. The van der Waals surface area contributed by atoms with Crippen molar-refractivity contribution >= 4 is 22.8 Å². The number of nitrogens with one attached hydrogen (secondary N) is 1. The standard InChI is InChI=1S/C18H20N4O3/c1-21-15-11-12(5-3-2-4-10-19)6-7-13(15)22(18(21)25)14-8-9-16(23)20-17(14)24/h6-7,11,14H,2,4,8-10,19H2,1H3,(H,20,23,24). The Morgan fingerprint density at radius 2 is 2.08 bits per heavy atom. The van der Waals surface area contributed by atoms with E-state index < -0.39 is 11.9 Å². The van der Waals surface area contributed by atoms with E-state index >= 15 is 0 Å². The first kappa shape index (κ1) is 17.0. The van der Waals surface area contributed by atoms with Gasteiger partial charge in [0.25, 0.3) is 0 Å². The number of nitrogens with zero attached hydrogens (tertiary/aromatic N) is 2. The number of benzene rings is 1. The highest BCUT2D eigenvalue weighted by molar-refractivity contribution is 6.00. The third-order valence-corrected chi connectivity index (χ3v) is 4.35. The molecule has 1 unspecified atom stereocenters. The Hall–Kier alpha value is -2.85. The SMILES string of the molecule is Cn1c(=O)n(C2CCC(=O)NC2=O)c2ccc(C#CCCCN)cc21. The molecule has 1 aromatic heterocycles. The molecular weight excluding hydrogens is 320 g/mol. The van der Waals surface area contributed by atoms with Crippen molar-refractivity contribution in [2.24, 2.45) is 12.8 Å². The zero-order valence-electron chi connectivity index (χ0n) is 14.0. The van der Waals surface area contributed by atoms with Crippen LogP contribution >= 0.6 is 0 Å². The molecule has 1 aliphatic rings. The molecule has 7 nitrogen and oxygen atoms in total. The molecule has 0 bridgehead atoms. The van der Waals surface area contributed by atoms with Gasteiger partial charge >= 0.3 is 5.69 Å². The van der Waals surface area contributed by atoms with Crippen molar-refractivity contribution in [2.75, 3.05) is 6.54 Å². The molecule has 0 aliphatic carbocycles. The van der Waals surface area contributed by atoms with Gasteiger partial charge in [-0.25, -0.2) is 4.79 Å². The van der Waals surface area contributed by atoms with Crippen LogP contribution in [0.5, 0.6) is 0 Å². The third kappa shape index (κ3) is 3.21. The van der Waals surface area contributed by atoms with Crippen LogP contribution < -0.4 is 16.7 Å². The van der Waals surface area contributed by atoms with Crippen molar-refractivity contribution in [3.8, 4) is 11.8 Å². The van der Waals surface area contributed by atoms with E-state index in [0.29, 0.717) is 24.0 Å². The number of aromatic nitrogens is 2. The van der Waals surface area contributed by atoms with Gasteiger partial charge in [-0.15, -0.1) is 0 Å². The molecule has 0 radical (unpaired) electrons. The maximum Gasteiger partial charge on any atom is 0.329 e. The van der Waals surface area contributed by atoms with Crippen molar-refractivity contribution in [3.63, 3.8) is 0 Å².